The van der Waals surface area contributed by atoms with Gasteiger partial charge in [-0.3, -0.25) is 4.79 Å². The summed E-state index contributed by atoms with van der Waals surface area (Å²) in [6.45, 7) is 3.07. The van der Waals surface area contributed by atoms with E-state index in [0.29, 0.717) is 9.48 Å². The first-order chi connectivity index (χ1) is 10.1. The van der Waals surface area contributed by atoms with Gasteiger partial charge in [-0.15, -0.1) is 0 Å². The van der Waals surface area contributed by atoms with Gasteiger partial charge in [0, 0.05) is 16.0 Å². The predicted molar refractivity (Wildman–Crippen MR) is 77.8 cm³/mol. The molecule has 0 spiro atoms. The Bertz CT molecular complexity index is 614. The first-order valence-corrected chi connectivity index (χ1v) is 7.32. The number of carbonyl (C=O) groups excluding carboxylic acids is 1. The number of hydrogen-bond acceptors (Lipinski definition) is 3. The molecule has 1 aliphatic heterocycles. The molecule has 1 heterocycles. The minimum atomic E-state index is -4.70. The molecule has 0 aliphatic carbocycles. The first kappa shape index (κ1) is 17.0. The molecule has 0 fully saturated rings. The Hall–Kier alpha value is -1.41. The lowest BCUT2D eigenvalue weighted by molar-refractivity contribution is -0.161. The van der Waals surface area contributed by atoms with Crippen LogP contribution in [0.1, 0.15) is 25.8 Å². The van der Waals surface area contributed by atoms with Crippen molar-refractivity contribution >= 4 is 27.5 Å². The standard InChI is InChI=1S/C14H14BrF3N2O2/c1-8(2)12(21)20-13(22,7-11(19-20)14(16,17)18)9-3-5-10(15)6-4-9/h3-6,8,22H,7H2,1-2H3/t13-/m1/s1. The average Bonchev–Trinajstić information content (AvgIpc) is 2.77. The third-order valence-corrected chi connectivity index (χ3v) is 3.85. The number of nitrogens with zero attached hydrogens (tertiary/aromatic N) is 2. The van der Waals surface area contributed by atoms with Crippen LogP contribution in [-0.2, 0) is 10.5 Å². The smallest absolute Gasteiger partial charge is 0.365 e. The number of hydrazone groups is 1. The van der Waals surface area contributed by atoms with Crippen molar-refractivity contribution in [1.29, 1.82) is 0 Å². The summed E-state index contributed by atoms with van der Waals surface area (Å²) in [7, 11) is 0. The Morgan fingerprint density at radius 3 is 2.36 bits per heavy atom. The topological polar surface area (TPSA) is 52.9 Å². The molecule has 0 radical (unpaired) electrons. The van der Waals surface area contributed by atoms with E-state index in [1.807, 2.05) is 0 Å². The normalized spacial score (nSPS) is 22.2. The fraction of sp³-hybridized carbons (Fsp3) is 0.429. The van der Waals surface area contributed by atoms with Gasteiger partial charge < -0.3 is 5.11 Å². The molecule has 1 N–H and O–H groups in total. The van der Waals surface area contributed by atoms with Crippen molar-refractivity contribution in [3.8, 4) is 0 Å². The van der Waals surface area contributed by atoms with E-state index in [0.717, 1.165) is 0 Å². The molecule has 0 unspecified atom stereocenters. The van der Waals surface area contributed by atoms with Crippen LogP contribution in [0.2, 0.25) is 0 Å². The predicted octanol–water partition coefficient (Wildman–Crippen LogP) is 3.40. The third kappa shape index (κ3) is 3.03. The van der Waals surface area contributed by atoms with Crippen LogP contribution in [0.4, 0.5) is 13.2 Å². The molecular formula is C14H14BrF3N2O2. The highest BCUT2D eigenvalue weighted by Crippen LogP contribution is 2.40. The number of benzene rings is 1. The molecule has 1 aliphatic rings. The van der Waals surface area contributed by atoms with Gasteiger partial charge in [0.25, 0.3) is 0 Å². The van der Waals surface area contributed by atoms with E-state index in [1.54, 1.807) is 12.1 Å². The molecule has 120 valence electrons. The van der Waals surface area contributed by atoms with Gasteiger partial charge >= 0.3 is 6.18 Å². The van der Waals surface area contributed by atoms with Crippen molar-refractivity contribution in [2.75, 3.05) is 0 Å². The van der Waals surface area contributed by atoms with Crippen LogP contribution in [0, 0.1) is 5.92 Å². The van der Waals surface area contributed by atoms with E-state index >= 15 is 0 Å². The quantitative estimate of drug-likeness (QED) is 0.857. The van der Waals surface area contributed by atoms with Crippen molar-refractivity contribution < 1.29 is 23.1 Å². The zero-order valence-electron chi connectivity index (χ0n) is 11.9. The third-order valence-electron chi connectivity index (χ3n) is 3.32. The summed E-state index contributed by atoms with van der Waals surface area (Å²) < 4.78 is 39.5. The van der Waals surface area contributed by atoms with Gasteiger partial charge in [0.2, 0.25) is 5.91 Å². The van der Waals surface area contributed by atoms with Crippen LogP contribution in [0.15, 0.2) is 33.8 Å². The Kier molecular flexibility index (Phi) is 4.36. The molecule has 4 nitrogen and oxygen atoms in total. The summed E-state index contributed by atoms with van der Waals surface area (Å²) in [6, 6.07) is 6.08. The second kappa shape index (κ2) is 5.66. The maximum Gasteiger partial charge on any atom is 0.431 e. The lowest BCUT2D eigenvalue weighted by Gasteiger charge is -2.32. The number of aliphatic hydroxyl groups is 1. The summed E-state index contributed by atoms with van der Waals surface area (Å²) in [5, 5.41) is 14.6. The van der Waals surface area contributed by atoms with E-state index < -0.39 is 35.9 Å². The summed E-state index contributed by atoms with van der Waals surface area (Å²) in [6.07, 6.45) is -5.49. The SMILES string of the molecule is CC(C)C(=O)N1N=C(C(F)(F)F)C[C@@]1(O)c1ccc(Br)cc1. The van der Waals surface area contributed by atoms with E-state index in [9.17, 15) is 23.1 Å². The van der Waals surface area contributed by atoms with Crippen molar-refractivity contribution in [1.82, 2.24) is 5.01 Å². The lowest BCUT2D eigenvalue weighted by atomic mass is 9.96. The van der Waals surface area contributed by atoms with Crippen LogP contribution in [0.5, 0.6) is 0 Å². The molecule has 8 heteroatoms. The molecule has 1 aromatic rings. The lowest BCUT2D eigenvalue weighted by Crippen LogP contribution is -2.45. The number of alkyl halides is 3. The Morgan fingerprint density at radius 2 is 1.91 bits per heavy atom. The first-order valence-electron chi connectivity index (χ1n) is 6.53. The van der Waals surface area contributed by atoms with Gasteiger partial charge in [0.1, 0.15) is 5.71 Å². The molecule has 1 aromatic carbocycles. The Balaban J connectivity index is 2.49. The average molecular weight is 379 g/mol. The van der Waals surface area contributed by atoms with Crippen molar-refractivity contribution in [2.45, 2.75) is 32.2 Å². The van der Waals surface area contributed by atoms with E-state index in [-0.39, 0.29) is 5.56 Å². The summed E-state index contributed by atoms with van der Waals surface area (Å²) >= 11 is 3.21. The highest BCUT2D eigenvalue weighted by atomic mass is 79.9. The Morgan fingerprint density at radius 1 is 1.36 bits per heavy atom. The monoisotopic (exact) mass is 378 g/mol. The van der Waals surface area contributed by atoms with Gasteiger partial charge in [-0.2, -0.15) is 23.3 Å². The molecular weight excluding hydrogens is 365 g/mol. The highest BCUT2D eigenvalue weighted by molar-refractivity contribution is 9.10. The number of amides is 1. The number of carbonyl (C=O) groups is 1. The highest BCUT2D eigenvalue weighted by Gasteiger charge is 2.53. The van der Waals surface area contributed by atoms with Gasteiger partial charge in [-0.1, -0.05) is 41.9 Å². The minimum absolute atomic E-state index is 0.174. The maximum atomic E-state index is 12.9. The zero-order chi connectivity index (χ0) is 16.7. The Labute approximate surface area is 133 Å². The van der Waals surface area contributed by atoms with Crippen molar-refractivity contribution in [3.05, 3.63) is 34.3 Å². The molecule has 0 bridgehead atoms. The molecule has 1 amide bonds. The number of rotatable bonds is 2. The number of hydrogen-bond donors (Lipinski definition) is 1. The van der Waals surface area contributed by atoms with Crippen molar-refractivity contribution in [3.63, 3.8) is 0 Å². The van der Waals surface area contributed by atoms with Gasteiger partial charge in [0.15, 0.2) is 5.72 Å². The van der Waals surface area contributed by atoms with Crippen LogP contribution >= 0.6 is 15.9 Å². The molecule has 0 saturated heterocycles. The van der Waals surface area contributed by atoms with Crippen LogP contribution in [-0.4, -0.2) is 27.9 Å². The number of halogens is 4. The summed E-state index contributed by atoms with van der Waals surface area (Å²) in [5.74, 6) is -1.28. The van der Waals surface area contributed by atoms with Gasteiger partial charge in [-0.05, 0) is 12.1 Å². The van der Waals surface area contributed by atoms with Crippen LogP contribution in [0.3, 0.4) is 0 Å². The van der Waals surface area contributed by atoms with Gasteiger partial charge in [0.05, 0.1) is 6.42 Å². The van der Waals surface area contributed by atoms with Crippen LogP contribution < -0.4 is 0 Å². The fourth-order valence-corrected chi connectivity index (χ4v) is 2.39. The second-order valence-electron chi connectivity index (χ2n) is 5.35. The second-order valence-corrected chi connectivity index (χ2v) is 6.27. The molecule has 1 atom stereocenters. The summed E-state index contributed by atoms with van der Waals surface area (Å²) in [5.41, 5.74) is -3.13. The maximum absolute atomic E-state index is 12.9. The summed E-state index contributed by atoms with van der Waals surface area (Å²) in [4.78, 5) is 12.2. The van der Waals surface area contributed by atoms with E-state index in [2.05, 4.69) is 21.0 Å². The molecule has 0 aromatic heterocycles. The van der Waals surface area contributed by atoms with E-state index in [4.69, 9.17) is 0 Å². The molecule has 22 heavy (non-hydrogen) atoms. The molecule has 0 saturated carbocycles. The van der Waals surface area contributed by atoms with E-state index in [1.165, 1.54) is 26.0 Å². The van der Waals surface area contributed by atoms with Crippen molar-refractivity contribution in [2.24, 2.45) is 11.0 Å². The fourth-order valence-electron chi connectivity index (χ4n) is 2.12. The molecule has 2 rings (SSSR count). The minimum Gasteiger partial charge on any atom is -0.365 e. The zero-order valence-corrected chi connectivity index (χ0v) is 13.4. The van der Waals surface area contributed by atoms with Crippen LogP contribution in [0.25, 0.3) is 0 Å². The van der Waals surface area contributed by atoms with Gasteiger partial charge in [-0.25, -0.2) is 0 Å². The largest absolute Gasteiger partial charge is 0.431 e.